The normalized spacial score (nSPS) is 11.9. The fourth-order valence-electron chi connectivity index (χ4n) is 3.22. The number of fused-ring (bicyclic) bond motifs is 1. The summed E-state index contributed by atoms with van der Waals surface area (Å²) in [7, 11) is 3.47. The lowest BCUT2D eigenvalue weighted by molar-refractivity contribution is -0.128. The topological polar surface area (TPSA) is 55.2 Å². The van der Waals surface area contributed by atoms with Crippen LogP contribution >= 0.6 is 11.8 Å². The molecule has 0 aliphatic carbocycles. The number of carbonyl (C=O) groups is 1. The minimum atomic E-state index is -0.524. The van der Waals surface area contributed by atoms with Crippen molar-refractivity contribution in [2.24, 2.45) is 0 Å². The predicted molar refractivity (Wildman–Crippen MR) is 121 cm³/mol. The number of hydrogen-bond donors (Lipinski definition) is 0. The van der Waals surface area contributed by atoms with Gasteiger partial charge in [-0.2, -0.15) is 0 Å². The molecule has 3 aromatic carbocycles. The van der Waals surface area contributed by atoms with E-state index in [0.29, 0.717) is 21.7 Å². The maximum atomic E-state index is 13.4. The van der Waals surface area contributed by atoms with Crippen LogP contribution in [0.3, 0.4) is 0 Å². The number of benzene rings is 3. The highest BCUT2D eigenvalue weighted by molar-refractivity contribution is 8.00. The number of likely N-dealkylation sites (N-methyl/N-ethyl adjacent to an activating group) is 1. The number of para-hydroxylation sites is 2. The molecule has 0 radical (unpaired) electrons. The Kier molecular flexibility index (Phi) is 5.68. The summed E-state index contributed by atoms with van der Waals surface area (Å²) in [5.74, 6) is -0.0618. The zero-order valence-electron chi connectivity index (χ0n) is 16.7. The van der Waals surface area contributed by atoms with Crippen LogP contribution in [0.1, 0.15) is 10.8 Å². The zero-order chi connectivity index (χ0) is 21.1. The van der Waals surface area contributed by atoms with Gasteiger partial charge in [0.1, 0.15) is 5.25 Å². The van der Waals surface area contributed by atoms with Crippen LogP contribution in [0.2, 0.25) is 0 Å². The van der Waals surface area contributed by atoms with Crippen molar-refractivity contribution < 1.29 is 4.79 Å². The minimum Gasteiger partial charge on any atom is -0.348 e. The summed E-state index contributed by atoms with van der Waals surface area (Å²) in [4.78, 5) is 32.8. The zero-order valence-corrected chi connectivity index (χ0v) is 17.5. The lowest BCUT2D eigenvalue weighted by Gasteiger charge is -2.22. The van der Waals surface area contributed by atoms with Gasteiger partial charge in [0.15, 0.2) is 5.16 Å². The Morgan fingerprint density at radius 2 is 1.50 bits per heavy atom. The number of rotatable bonds is 5. The molecule has 5 nitrogen and oxygen atoms in total. The minimum absolute atomic E-state index is 0.0618. The molecule has 0 aliphatic heterocycles. The van der Waals surface area contributed by atoms with E-state index in [-0.39, 0.29) is 11.5 Å². The van der Waals surface area contributed by atoms with E-state index in [0.717, 1.165) is 5.56 Å². The summed E-state index contributed by atoms with van der Waals surface area (Å²) in [6, 6.07) is 26.3. The van der Waals surface area contributed by atoms with Crippen LogP contribution in [-0.4, -0.2) is 34.5 Å². The van der Waals surface area contributed by atoms with E-state index in [9.17, 15) is 9.59 Å². The second-order valence-electron chi connectivity index (χ2n) is 7.03. The van der Waals surface area contributed by atoms with Crippen molar-refractivity contribution in [1.29, 1.82) is 0 Å². The van der Waals surface area contributed by atoms with Crippen molar-refractivity contribution in [3.63, 3.8) is 0 Å². The largest absolute Gasteiger partial charge is 0.348 e. The summed E-state index contributed by atoms with van der Waals surface area (Å²) in [5, 5.41) is 0.499. The summed E-state index contributed by atoms with van der Waals surface area (Å²) in [6.07, 6.45) is 0. The Morgan fingerprint density at radius 3 is 2.17 bits per heavy atom. The molecule has 150 valence electrons. The van der Waals surface area contributed by atoms with Crippen molar-refractivity contribution in [1.82, 2.24) is 14.5 Å². The third-order valence-electron chi connectivity index (χ3n) is 4.75. The van der Waals surface area contributed by atoms with Crippen molar-refractivity contribution >= 4 is 28.6 Å². The number of nitrogens with zero attached hydrogens (tertiary/aromatic N) is 3. The Bertz CT molecular complexity index is 1240. The number of amides is 1. The highest BCUT2D eigenvalue weighted by atomic mass is 32.2. The quantitative estimate of drug-likeness (QED) is 0.360. The first-order valence-corrected chi connectivity index (χ1v) is 10.4. The number of aromatic nitrogens is 2. The van der Waals surface area contributed by atoms with Crippen LogP contribution in [0.4, 0.5) is 0 Å². The monoisotopic (exact) mass is 415 g/mol. The molecule has 4 rings (SSSR count). The van der Waals surface area contributed by atoms with Gasteiger partial charge in [0.2, 0.25) is 5.91 Å². The van der Waals surface area contributed by atoms with Crippen molar-refractivity contribution in [3.8, 4) is 5.69 Å². The Hall–Kier alpha value is -3.38. The highest BCUT2D eigenvalue weighted by Crippen LogP contribution is 2.36. The Balaban J connectivity index is 1.92. The molecule has 1 aromatic heterocycles. The summed E-state index contributed by atoms with van der Waals surface area (Å²) < 4.78 is 1.59. The highest BCUT2D eigenvalue weighted by Gasteiger charge is 2.26. The van der Waals surface area contributed by atoms with Crippen LogP contribution in [0, 0.1) is 0 Å². The van der Waals surface area contributed by atoms with Gasteiger partial charge in [-0.1, -0.05) is 72.4 Å². The first-order chi connectivity index (χ1) is 14.6. The second kappa shape index (κ2) is 8.55. The van der Waals surface area contributed by atoms with Crippen LogP contribution in [-0.2, 0) is 4.79 Å². The summed E-state index contributed by atoms with van der Waals surface area (Å²) >= 11 is 1.29. The van der Waals surface area contributed by atoms with Gasteiger partial charge in [-0.25, -0.2) is 4.98 Å². The van der Waals surface area contributed by atoms with Gasteiger partial charge < -0.3 is 4.90 Å². The fraction of sp³-hybridized carbons (Fsp3) is 0.125. The van der Waals surface area contributed by atoms with Gasteiger partial charge in [0, 0.05) is 14.1 Å². The average molecular weight is 416 g/mol. The number of thioether (sulfide) groups is 1. The molecule has 4 aromatic rings. The molecule has 1 heterocycles. The SMILES string of the molecule is CN(C)C(=O)[C@H](Sc1nc2ccccc2c(=O)n1-c1ccccc1)c1ccccc1. The Morgan fingerprint density at radius 1 is 0.900 bits per heavy atom. The van der Waals surface area contributed by atoms with E-state index in [1.807, 2.05) is 78.9 Å². The van der Waals surface area contributed by atoms with Crippen molar-refractivity contribution in [3.05, 3.63) is 101 Å². The van der Waals surface area contributed by atoms with Crippen LogP contribution < -0.4 is 5.56 Å². The van der Waals surface area contributed by atoms with Gasteiger partial charge in [-0.05, 0) is 29.8 Å². The first-order valence-electron chi connectivity index (χ1n) is 9.56. The van der Waals surface area contributed by atoms with Crippen LogP contribution in [0.15, 0.2) is 94.9 Å². The van der Waals surface area contributed by atoms with E-state index in [2.05, 4.69) is 0 Å². The van der Waals surface area contributed by atoms with Crippen LogP contribution in [0.25, 0.3) is 16.6 Å². The van der Waals surface area contributed by atoms with E-state index >= 15 is 0 Å². The first kappa shape index (κ1) is 19.9. The maximum absolute atomic E-state index is 13.4. The van der Waals surface area contributed by atoms with E-state index < -0.39 is 5.25 Å². The van der Waals surface area contributed by atoms with Crippen LogP contribution in [0.5, 0.6) is 0 Å². The van der Waals surface area contributed by atoms with E-state index in [1.54, 1.807) is 29.6 Å². The maximum Gasteiger partial charge on any atom is 0.266 e. The second-order valence-corrected chi connectivity index (χ2v) is 8.10. The molecule has 0 saturated carbocycles. The summed E-state index contributed by atoms with van der Waals surface area (Å²) in [5.41, 5.74) is 2.04. The molecular formula is C24H21N3O2S. The lowest BCUT2D eigenvalue weighted by atomic mass is 10.1. The van der Waals surface area contributed by atoms with Crippen molar-refractivity contribution in [2.75, 3.05) is 14.1 Å². The average Bonchev–Trinajstić information content (AvgIpc) is 2.78. The molecule has 6 heteroatoms. The molecule has 0 aliphatic rings. The van der Waals surface area contributed by atoms with Gasteiger partial charge >= 0.3 is 0 Å². The third kappa shape index (κ3) is 3.86. The van der Waals surface area contributed by atoms with Crippen molar-refractivity contribution in [2.45, 2.75) is 10.4 Å². The smallest absolute Gasteiger partial charge is 0.266 e. The molecule has 0 bridgehead atoms. The Labute approximate surface area is 179 Å². The molecule has 0 fully saturated rings. The standard InChI is InChI=1S/C24H21N3O2S/c1-26(2)23(29)21(17-11-5-3-6-12-17)30-24-25-20-16-10-9-15-19(20)22(28)27(24)18-13-7-4-8-14-18/h3-16,21H,1-2H3/t21-/m1/s1. The molecule has 0 N–H and O–H groups in total. The van der Waals surface area contributed by atoms with Gasteiger partial charge in [0.05, 0.1) is 16.6 Å². The molecular weight excluding hydrogens is 394 g/mol. The lowest BCUT2D eigenvalue weighted by Crippen LogP contribution is -2.28. The third-order valence-corrected chi connectivity index (χ3v) is 5.94. The van der Waals surface area contributed by atoms with E-state index in [4.69, 9.17) is 4.98 Å². The predicted octanol–water partition coefficient (Wildman–Crippen LogP) is 4.31. The molecule has 0 saturated heterocycles. The number of carbonyl (C=O) groups excluding carboxylic acids is 1. The summed E-state index contributed by atoms with van der Waals surface area (Å²) in [6.45, 7) is 0. The molecule has 30 heavy (non-hydrogen) atoms. The molecule has 0 spiro atoms. The van der Waals surface area contributed by atoms with Gasteiger partial charge in [-0.15, -0.1) is 0 Å². The molecule has 1 amide bonds. The van der Waals surface area contributed by atoms with Gasteiger partial charge in [0.25, 0.3) is 5.56 Å². The molecule has 0 unspecified atom stereocenters. The van der Waals surface area contributed by atoms with Gasteiger partial charge in [-0.3, -0.25) is 14.2 Å². The van der Waals surface area contributed by atoms with E-state index in [1.165, 1.54) is 11.8 Å². The fourth-order valence-corrected chi connectivity index (χ4v) is 4.49. The molecule has 1 atom stereocenters. The number of hydrogen-bond acceptors (Lipinski definition) is 4.